The smallest absolute Gasteiger partial charge is 0.410 e. The highest BCUT2D eigenvalue weighted by Crippen LogP contribution is 2.32. The highest BCUT2D eigenvalue weighted by molar-refractivity contribution is 6.19. The zero-order valence-corrected chi connectivity index (χ0v) is 11.8. The molecule has 1 aliphatic rings. The van der Waals surface area contributed by atoms with Crippen molar-refractivity contribution in [2.45, 2.75) is 39.2 Å². The zero-order valence-electron chi connectivity index (χ0n) is 11.0. The van der Waals surface area contributed by atoms with Gasteiger partial charge in [-0.25, -0.2) is 4.79 Å². The van der Waals surface area contributed by atoms with E-state index in [-0.39, 0.29) is 12.4 Å². The lowest BCUT2D eigenvalue weighted by Gasteiger charge is -2.39. The maximum Gasteiger partial charge on any atom is 0.410 e. The van der Waals surface area contributed by atoms with Crippen molar-refractivity contribution in [3.8, 4) is 0 Å². The molecule has 0 aromatic heterocycles. The molecular formula is C12H20ClNO4. The second-order valence-electron chi connectivity index (χ2n) is 5.72. The SMILES string of the molecule is CC(C)(C)OC(=O)N1CCCC(CCl)(C(=O)O)C1. The van der Waals surface area contributed by atoms with Gasteiger partial charge in [-0.05, 0) is 33.6 Å². The molecule has 1 aliphatic heterocycles. The first kappa shape index (κ1) is 15.1. The average Bonchev–Trinajstić information content (AvgIpc) is 2.26. The molecule has 0 aromatic carbocycles. The number of rotatable bonds is 2. The summed E-state index contributed by atoms with van der Waals surface area (Å²) in [7, 11) is 0. The minimum atomic E-state index is -1.04. The molecule has 6 heteroatoms. The second-order valence-corrected chi connectivity index (χ2v) is 5.99. The third-order valence-corrected chi connectivity index (χ3v) is 3.45. The van der Waals surface area contributed by atoms with Crippen molar-refractivity contribution in [2.75, 3.05) is 19.0 Å². The van der Waals surface area contributed by atoms with E-state index in [1.807, 2.05) is 0 Å². The normalized spacial score (nSPS) is 24.8. The van der Waals surface area contributed by atoms with E-state index in [9.17, 15) is 14.7 Å². The molecule has 1 heterocycles. The van der Waals surface area contributed by atoms with E-state index in [1.54, 1.807) is 20.8 Å². The molecule has 1 rings (SSSR count). The Labute approximate surface area is 112 Å². The minimum Gasteiger partial charge on any atom is -0.481 e. The standard InChI is InChI=1S/C12H20ClNO4/c1-11(2,3)18-10(17)14-6-4-5-12(7-13,8-14)9(15)16/h4-8H2,1-3H3,(H,15,16). The molecule has 0 aliphatic carbocycles. The summed E-state index contributed by atoms with van der Waals surface area (Å²) >= 11 is 5.78. The van der Waals surface area contributed by atoms with Crippen molar-refractivity contribution in [1.29, 1.82) is 0 Å². The number of aliphatic carboxylic acids is 1. The van der Waals surface area contributed by atoms with Gasteiger partial charge in [0.2, 0.25) is 0 Å². The number of nitrogens with zero attached hydrogens (tertiary/aromatic N) is 1. The topological polar surface area (TPSA) is 66.8 Å². The van der Waals surface area contributed by atoms with Crippen LogP contribution in [0.5, 0.6) is 0 Å². The van der Waals surface area contributed by atoms with Gasteiger partial charge < -0.3 is 14.7 Å². The van der Waals surface area contributed by atoms with Crippen molar-refractivity contribution in [1.82, 2.24) is 4.90 Å². The first-order valence-corrected chi connectivity index (χ1v) is 6.51. The van der Waals surface area contributed by atoms with E-state index in [0.717, 1.165) is 0 Å². The Bertz CT molecular complexity index is 339. The summed E-state index contributed by atoms with van der Waals surface area (Å²) in [4.78, 5) is 24.6. The number of ether oxygens (including phenoxy) is 1. The molecule has 1 amide bonds. The molecule has 1 N–H and O–H groups in total. The van der Waals surface area contributed by atoms with Crippen molar-refractivity contribution < 1.29 is 19.4 Å². The van der Waals surface area contributed by atoms with Gasteiger partial charge in [0.05, 0.1) is 5.41 Å². The second kappa shape index (κ2) is 5.34. The fourth-order valence-electron chi connectivity index (χ4n) is 1.95. The highest BCUT2D eigenvalue weighted by atomic mass is 35.5. The third-order valence-electron chi connectivity index (χ3n) is 2.94. The number of likely N-dealkylation sites (tertiary alicyclic amines) is 1. The molecule has 5 nitrogen and oxygen atoms in total. The summed E-state index contributed by atoms with van der Waals surface area (Å²) in [6, 6.07) is 0. The number of hydrogen-bond donors (Lipinski definition) is 1. The molecule has 0 radical (unpaired) electrons. The number of halogens is 1. The van der Waals surface area contributed by atoms with Crippen LogP contribution in [0.2, 0.25) is 0 Å². The first-order valence-electron chi connectivity index (χ1n) is 5.97. The molecule has 0 bridgehead atoms. The number of alkyl halides is 1. The lowest BCUT2D eigenvalue weighted by molar-refractivity contribution is -0.150. The molecule has 0 aromatic rings. The van der Waals surface area contributed by atoms with Gasteiger partial charge >= 0.3 is 12.1 Å². The number of carbonyl (C=O) groups is 2. The van der Waals surface area contributed by atoms with Gasteiger partial charge in [0.1, 0.15) is 5.60 Å². The molecule has 0 spiro atoms. The number of carboxylic acids is 1. The summed E-state index contributed by atoms with van der Waals surface area (Å²) in [6.07, 6.45) is 0.640. The molecule has 1 fully saturated rings. The van der Waals surface area contributed by atoms with E-state index >= 15 is 0 Å². The first-order chi connectivity index (χ1) is 8.20. The summed E-state index contributed by atoms with van der Waals surface area (Å²) in [5.74, 6) is -0.951. The molecule has 0 saturated carbocycles. The number of piperidine rings is 1. The van der Waals surface area contributed by atoms with Crippen LogP contribution >= 0.6 is 11.6 Å². The van der Waals surface area contributed by atoms with Crippen LogP contribution in [0.1, 0.15) is 33.6 Å². The highest BCUT2D eigenvalue weighted by Gasteiger charge is 2.43. The molecule has 1 saturated heterocycles. The number of hydrogen-bond acceptors (Lipinski definition) is 3. The molecule has 18 heavy (non-hydrogen) atoms. The van der Waals surface area contributed by atoms with Crippen LogP contribution in [-0.4, -0.2) is 46.6 Å². The Kier molecular flexibility index (Phi) is 4.48. The van der Waals surface area contributed by atoms with Gasteiger partial charge in [0.25, 0.3) is 0 Å². The lowest BCUT2D eigenvalue weighted by Crippen LogP contribution is -2.52. The van der Waals surface area contributed by atoms with Crippen molar-refractivity contribution in [3.05, 3.63) is 0 Å². The predicted molar refractivity (Wildman–Crippen MR) is 67.8 cm³/mol. The fourth-order valence-corrected chi connectivity index (χ4v) is 2.29. The fraction of sp³-hybridized carbons (Fsp3) is 0.833. The quantitative estimate of drug-likeness (QED) is 0.787. The van der Waals surface area contributed by atoms with Gasteiger partial charge in [-0.2, -0.15) is 0 Å². The summed E-state index contributed by atoms with van der Waals surface area (Å²) in [6.45, 7) is 5.96. The Morgan fingerprint density at radius 2 is 2.06 bits per heavy atom. The molecular weight excluding hydrogens is 258 g/mol. The number of carboxylic acid groups (broad SMARTS) is 1. The van der Waals surface area contributed by atoms with Crippen LogP contribution in [0.15, 0.2) is 0 Å². The average molecular weight is 278 g/mol. The Morgan fingerprint density at radius 1 is 1.44 bits per heavy atom. The Balaban J connectivity index is 2.75. The predicted octanol–water partition coefficient (Wildman–Crippen LogP) is 2.33. The summed E-state index contributed by atoms with van der Waals surface area (Å²) in [5.41, 5.74) is -1.63. The van der Waals surface area contributed by atoms with Crippen LogP contribution in [-0.2, 0) is 9.53 Å². The van der Waals surface area contributed by atoms with E-state index in [1.165, 1.54) is 4.90 Å². The van der Waals surface area contributed by atoms with Gasteiger partial charge in [-0.1, -0.05) is 0 Å². The minimum absolute atomic E-state index is 0.00162. The van der Waals surface area contributed by atoms with Crippen molar-refractivity contribution in [3.63, 3.8) is 0 Å². The summed E-state index contributed by atoms with van der Waals surface area (Å²) in [5, 5.41) is 9.26. The summed E-state index contributed by atoms with van der Waals surface area (Å²) < 4.78 is 5.25. The van der Waals surface area contributed by atoms with Crippen LogP contribution in [0.4, 0.5) is 4.79 Å². The molecule has 1 unspecified atom stereocenters. The van der Waals surface area contributed by atoms with Gasteiger partial charge in [-0.3, -0.25) is 4.79 Å². The van der Waals surface area contributed by atoms with E-state index in [0.29, 0.717) is 19.4 Å². The maximum absolute atomic E-state index is 11.9. The van der Waals surface area contributed by atoms with Gasteiger partial charge in [-0.15, -0.1) is 11.6 Å². The Morgan fingerprint density at radius 3 is 2.50 bits per heavy atom. The molecule has 1 atom stereocenters. The van der Waals surface area contributed by atoms with E-state index in [4.69, 9.17) is 16.3 Å². The van der Waals surface area contributed by atoms with E-state index in [2.05, 4.69) is 0 Å². The Hall–Kier alpha value is -0.970. The monoisotopic (exact) mass is 277 g/mol. The maximum atomic E-state index is 11.9. The number of amides is 1. The zero-order chi connectivity index (χ0) is 14.0. The van der Waals surface area contributed by atoms with Gasteiger partial charge in [0.15, 0.2) is 0 Å². The number of carbonyl (C=O) groups excluding carboxylic acids is 1. The van der Waals surface area contributed by atoms with Crippen LogP contribution in [0.25, 0.3) is 0 Å². The van der Waals surface area contributed by atoms with E-state index < -0.39 is 23.1 Å². The molecule has 104 valence electrons. The largest absolute Gasteiger partial charge is 0.481 e. The third kappa shape index (κ3) is 3.51. The lowest BCUT2D eigenvalue weighted by atomic mass is 9.82. The van der Waals surface area contributed by atoms with Crippen LogP contribution in [0.3, 0.4) is 0 Å². The van der Waals surface area contributed by atoms with Crippen molar-refractivity contribution in [2.24, 2.45) is 5.41 Å². The van der Waals surface area contributed by atoms with Crippen molar-refractivity contribution >= 4 is 23.7 Å². The van der Waals surface area contributed by atoms with Gasteiger partial charge in [0, 0.05) is 19.0 Å². The van der Waals surface area contributed by atoms with Crippen LogP contribution < -0.4 is 0 Å². The van der Waals surface area contributed by atoms with Crippen LogP contribution in [0, 0.1) is 5.41 Å².